The molecule has 0 unspecified atom stereocenters. The highest BCUT2D eigenvalue weighted by atomic mass is 16.5. The van der Waals surface area contributed by atoms with E-state index in [1.807, 2.05) is 33.8 Å². The maximum atomic E-state index is 12.7. The van der Waals surface area contributed by atoms with Gasteiger partial charge in [-0.3, -0.25) is 14.4 Å². The topological polar surface area (TPSA) is 69.1 Å². The molecule has 0 spiro atoms. The van der Waals surface area contributed by atoms with Crippen LogP contribution < -0.4 is 9.47 Å². The number of methoxy groups -OCH3 is 2. The molecule has 1 fully saturated rings. The van der Waals surface area contributed by atoms with Gasteiger partial charge in [0.2, 0.25) is 0 Å². The van der Waals surface area contributed by atoms with Crippen LogP contribution in [0.15, 0.2) is 24.3 Å². The fourth-order valence-corrected chi connectivity index (χ4v) is 3.73. The number of nitrogens with zero attached hydrogens (tertiary/aromatic N) is 4. The highest BCUT2D eigenvalue weighted by Crippen LogP contribution is 2.27. The van der Waals surface area contributed by atoms with Gasteiger partial charge in [0.05, 0.1) is 39.7 Å². The van der Waals surface area contributed by atoms with Gasteiger partial charge in [-0.15, -0.1) is 0 Å². The van der Waals surface area contributed by atoms with Crippen LogP contribution in [0.4, 0.5) is 0 Å². The molecule has 8 heteroatoms. The minimum Gasteiger partial charge on any atom is -0.497 e. The fraction of sp³-hybridized carbons (Fsp3) is 0.500. The zero-order chi connectivity index (χ0) is 19.5. The predicted molar refractivity (Wildman–Crippen MR) is 103 cm³/mol. The monoisotopic (exact) mass is 386 g/mol. The van der Waals surface area contributed by atoms with E-state index < -0.39 is 0 Å². The van der Waals surface area contributed by atoms with Crippen LogP contribution >= 0.6 is 0 Å². The van der Waals surface area contributed by atoms with Crippen molar-refractivity contribution in [2.45, 2.75) is 19.6 Å². The number of benzene rings is 1. The third-order valence-electron chi connectivity index (χ3n) is 5.28. The molecule has 28 heavy (non-hydrogen) atoms. The van der Waals surface area contributed by atoms with Crippen molar-refractivity contribution in [1.82, 2.24) is 19.6 Å². The van der Waals surface area contributed by atoms with Crippen molar-refractivity contribution in [2.24, 2.45) is 0 Å². The smallest absolute Gasteiger partial charge is 0.274 e. The Morgan fingerprint density at radius 3 is 2.68 bits per heavy atom. The number of carbonyl (C=O) groups is 1. The number of carbonyl (C=O) groups excluding carboxylic acids is 1. The number of amides is 1. The SMILES string of the molecule is COc1ccc(OC)c(CN2CCn3nc(C(=O)N4CCOCC4)cc3C2)c1. The lowest BCUT2D eigenvalue weighted by molar-refractivity contribution is 0.0298. The van der Waals surface area contributed by atoms with Crippen LogP contribution in [0.25, 0.3) is 0 Å². The van der Waals surface area contributed by atoms with Crippen LogP contribution in [0.5, 0.6) is 11.5 Å². The Kier molecular flexibility index (Phi) is 5.50. The molecule has 1 aromatic heterocycles. The van der Waals surface area contributed by atoms with Gasteiger partial charge in [-0.05, 0) is 24.3 Å². The Balaban J connectivity index is 1.47. The molecular formula is C20H26N4O4. The fourth-order valence-electron chi connectivity index (χ4n) is 3.73. The van der Waals surface area contributed by atoms with E-state index in [9.17, 15) is 4.79 Å². The predicted octanol–water partition coefficient (Wildman–Crippen LogP) is 1.39. The van der Waals surface area contributed by atoms with Crippen LogP contribution in [-0.4, -0.2) is 72.6 Å². The highest BCUT2D eigenvalue weighted by molar-refractivity contribution is 5.92. The quantitative estimate of drug-likeness (QED) is 0.774. The van der Waals surface area contributed by atoms with E-state index >= 15 is 0 Å². The van der Waals surface area contributed by atoms with Crippen LogP contribution in [0.2, 0.25) is 0 Å². The zero-order valence-corrected chi connectivity index (χ0v) is 16.4. The van der Waals surface area contributed by atoms with Crippen LogP contribution in [0.3, 0.4) is 0 Å². The molecule has 0 bridgehead atoms. The summed E-state index contributed by atoms with van der Waals surface area (Å²) in [5.41, 5.74) is 2.67. The normalized spacial score (nSPS) is 17.3. The Morgan fingerprint density at radius 2 is 1.93 bits per heavy atom. The summed E-state index contributed by atoms with van der Waals surface area (Å²) in [5.74, 6) is 1.66. The lowest BCUT2D eigenvalue weighted by Gasteiger charge is -2.28. The largest absolute Gasteiger partial charge is 0.497 e. The molecule has 3 heterocycles. The molecule has 4 rings (SSSR count). The Bertz CT molecular complexity index is 845. The molecule has 1 amide bonds. The van der Waals surface area contributed by atoms with Crippen molar-refractivity contribution in [3.63, 3.8) is 0 Å². The third-order valence-corrected chi connectivity index (χ3v) is 5.28. The van der Waals surface area contributed by atoms with Gasteiger partial charge >= 0.3 is 0 Å². The number of aromatic nitrogens is 2. The van der Waals surface area contributed by atoms with Crippen molar-refractivity contribution >= 4 is 5.91 Å². The number of ether oxygens (including phenoxy) is 3. The molecule has 0 atom stereocenters. The van der Waals surface area contributed by atoms with Gasteiger partial charge < -0.3 is 19.1 Å². The molecular weight excluding hydrogens is 360 g/mol. The second kappa shape index (κ2) is 8.20. The maximum Gasteiger partial charge on any atom is 0.274 e. The Morgan fingerprint density at radius 1 is 1.11 bits per heavy atom. The molecule has 0 radical (unpaired) electrons. The van der Waals surface area contributed by atoms with Crippen LogP contribution in [-0.2, 0) is 24.4 Å². The first-order chi connectivity index (χ1) is 13.7. The van der Waals surface area contributed by atoms with E-state index in [0.717, 1.165) is 48.9 Å². The molecule has 150 valence electrons. The number of fused-ring (bicyclic) bond motifs is 1. The van der Waals surface area contributed by atoms with Crippen LogP contribution in [0, 0.1) is 0 Å². The average Bonchev–Trinajstić information content (AvgIpc) is 3.17. The van der Waals surface area contributed by atoms with Gasteiger partial charge in [0.15, 0.2) is 5.69 Å². The van der Waals surface area contributed by atoms with Crippen molar-refractivity contribution in [1.29, 1.82) is 0 Å². The Labute approximate surface area is 164 Å². The van der Waals surface area contributed by atoms with E-state index in [2.05, 4.69) is 10.00 Å². The molecule has 0 N–H and O–H groups in total. The molecule has 1 aromatic carbocycles. The average molecular weight is 386 g/mol. The summed E-state index contributed by atoms with van der Waals surface area (Å²) < 4.78 is 18.1. The molecule has 8 nitrogen and oxygen atoms in total. The number of rotatable bonds is 5. The highest BCUT2D eigenvalue weighted by Gasteiger charge is 2.25. The molecule has 2 aliphatic heterocycles. The van der Waals surface area contributed by atoms with E-state index in [1.165, 1.54) is 0 Å². The summed E-state index contributed by atoms with van der Waals surface area (Å²) in [6.07, 6.45) is 0. The lowest BCUT2D eigenvalue weighted by Crippen LogP contribution is -2.40. The maximum absolute atomic E-state index is 12.7. The molecule has 0 saturated carbocycles. The number of morpholine rings is 1. The second-order valence-corrected chi connectivity index (χ2v) is 7.04. The molecule has 2 aromatic rings. The summed E-state index contributed by atoms with van der Waals surface area (Å²) in [6.45, 7) is 5.55. The Hall–Kier alpha value is -2.58. The summed E-state index contributed by atoms with van der Waals surface area (Å²) in [4.78, 5) is 16.8. The third kappa shape index (κ3) is 3.83. The van der Waals surface area contributed by atoms with E-state index in [0.29, 0.717) is 32.0 Å². The first-order valence-corrected chi connectivity index (χ1v) is 9.55. The van der Waals surface area contributed by atoms with Crippen molar-refractivity contribution < 1.29 is 19.0 Å². The summed E-state index contributed by atoms with van der Waals surface area (Å²) in [6, 6.07) is 7.77. The summed E-state index contributed by atoms with van der Waals surface area (Å²) in [5, 5.41) is 4.54. The van der Waals surface area contributed by atoms with E-state index in [-0.39, 0.29) is 5.91 Å². The van der Waals surface area contributed by atoms with Crippen LogP contribution in [0.1, 0.15) is 21.7 Å². The van der Waals surface area contributed by atoms with Gasteiger partial charge in [-0.1, -0.05) is 0 Å². The van der Waals surface area contributed by atoms with Gasteiger partial charge in [0.25, 0.3) is 5.91 Å². The standard InChI is InChI=1S/C20H26N4O4/c1-26-17-3-4-19(27-2)15(11-17)13-22-5-6-24-16(14-22)12-18(21-24)20(25)23-7-9-28-10-8-23/h3-4,11-12H,5-10,13-14H2,1-2H3. The second-order valence-electron chi connectivity index (χ2n) is 7.04. The van der Waals surface area contributed by atoms with Crippen molar-refractivity contribution in [3.05, 3.63) is 41.2 Å². The molecule has 0 aliphatic carbocycles. The van der Waals surface area contributed by atoms with E-state index in [1.54, 1.807) is 14.2 Å². The number of hydrogen-bond donors (Lipinski definition) is 0. The lowest BCUT2D eigenvalue weighted by atomic mass is 10.1. The molecule has 1 saturated heterocycles. The zero-order valence-electron chi connectivity index (χ0n) is 16.4. The first kappa shape index (κ1) is 18.8. The minimum absolute atomic E-state index is 0.00813. The van der Waals surface area contributed by atoms with Crippen molar-refractivity contribution in [2.75, 3.05) is 47.1 Å². The molecule has 2 aliphatic rings. The van der Waals surface area contributed by atoms with E-state index in [4.69, 9.17) is 14.2 Å². The van der Waals surface area contributed by atoms with Crippen molar-refractivity contribution in [3.8, 4) is 11.5 Å². The summed E-state index contributed by atoms with van der Waals surface area (Å²) in [7, 11) is 3.35. The van der Waals surface area contributed by atoms with Gasteiger partial charge in [-0.2, -0.15) is 5.10 Å². The minimum atomic E-state index is -0.00813. The summed E-state index contributed by atoms with van der Waals surface area (Å²) >= 11 is 0. The van der Waals surface area contributed by atoms with Gasteiger partial charge in [0, 0.05) is 38.3 Å². The van der Waals surface area contributed by atoms with Gasteiger partial charge in [0.1, 0.15) is 11.5 Å². The number of hydrogen-bond acceptors (Lipinski definition) is 6. The first-order valence-electron chi connectivity index (χ1n) is 9.55. The van der Waals surface area contributed by atoms with Gasteiger partial charge in [-0.25, -0.2) is 0 Å².